The zero-order valence-corrected chi connectivity index (χ0v) is 18.8. The Labute approximate surface area is 186 Å². The SMILES string of the molecule is Cc1ccc(Cn2nc(C)c(/C=C/C(=O)OCC(=O)NC(=O)NCC(C)C)c2Cl)cc1. The van der Waals surface area contributed by atoms with Crippen molar-refractivity contribution < 1.29 is 19.1 Å². The Morgan fingerprint density at radius 3 is 2.52 bits per heavy atom. The number of hydrogen-bond acceptors (Lipinski definition) is 5. The fourth-order valence-electron chi connectivity index (χ4n) is 2.57. The Balaban J connectivity index is 1.89. The molecule has 31 heavy (non-hydrogen) atoms. The van der Waals surface area contributed by atoms with Crippen molar-refractivity contribution in [2.75, 3.05) is 13.2 Å². The lowest BCUT2D eigenvalue weighted by Gasteiger charge is -2.08. The summed E-state index contributed by atoms with van der Waals surface area (Å²) in [6, 6.07) is 7.41. The van der Waals surface area contributed by atoms with Crippen molar-refractivity contribution in [1.29, 1.82) is 0 Å². The van der Waals surface area contributed by atoms with Crippen molar-refractivity contribution in [2.45, 2.75) is 34.2 Å². The number of urea groups is 1. The van der Waals surface area contributed by atoms with Crippen LogP contribution in [0.25, 0.3) is 6.08 Å². The van der Waals surface area contributed by atoms with Gasteiger partial charge in [0.1, 0.15) is 5.15 Å². The minimum absolute atomic E-state index is 0.250. The van der Waals surface area contributed by atoms with Crippen LogP contribution in [-0.2, 0) is 20.9 Å². The minimum atomic E-state index is -0.737. The van der Waals surface area contributed by atoms with E-state index in [1.165, 1.54) is 11.6 Å². The molecule has 0 aliphatic heterocycles. The molecule has 2 N–H and O–H groups in total. The molecule has 0 unspecified atom stereocenters. The summed E-state index contributed by atoms with van der Waals surface area (Å²) in [4.78, 5) is 35.1. The number of ether oxygens (including phenoxy) is 1. The van der Waals surface area contributed by atoms with Gasteiger partial charge in [0.25, 0.3) is 5.91 Å². The van der Waals surface area contributed by atoms with Crippen molar-refractivity contribution in [3.63, 3.8) is 0 Å². The molecule has 0 atom stereocenters. The molecule has 1 heterocycles. The van der Waals surface area contributed by atoms with Crippen LogP contribution < -0.4 is 10.6 Å². The summed E-state index contributed by atoms with van der Waals surface area (Å²) >= 11 is 6.42. The normalized spacial score (nSPS) is 11.0. The van der Waals surface area contributed by atoms with Gasteiger partial charge in [-0.05, 0) is 31.4 Å². The molecule has 166 valence electrons. The minimum Gasteiger partial charge on any atom is -0.452 e. The Kier molecular flexibility index (Phi) is 8.81. The molecule has 1 aromatic carbocycles. The lowest BCUT2D eigenvalue weighted by Crippen LogP contribution is -2.42. The molecular weight excluding hydrogens is 420 g/mol. The molecule has 0 saturated heterocycles. The van der Waals surface area contributed by atoms with E-state index in [4.69, 9.17) is 16.3 Å². The van der Waals surface area contributed by atoms with Crippen LogP contribution in [0.2, 0.25) is 5.15 Å². The van der Waals surface area contributed by atoms with E-state index in [-0.39, 0.29) is 5.92 Å². The first-order valence-corrected chi connectivity index (χ1v) is 10.2. The zero-order chi connectivity index (χ0) is 23.0. The maximum absolute atomic E-state index is 11.9. The fourth-order valence-corrected chi connectivity index (χ4v) is 2.86. The molecule has 1 aromatic heterocycles. The standard InChI is InChI=1S/C22H27ClN4O4/c1-14(2)11-24-22(30)25-19(28)13-31-20(29)10-9-18-16(4)26-27(21(18)23)12-17-7-5-15(3)6-8-17/h5-10,14H,11-13H2,1-4H3,(H2,24,25,28,30)/b10-9+. The van der Waals surface area contributed by atoms with Crippen LogP contribution >= 0.6 is 11.6 Å². The lowest BCUT2D eigenvalue weighted by atomic mass is 10.1. The number of amides is 3. The fraction of sp³-hybridized carbons (Fsp3) is 0.364. The average Bonchev–Trinajstić information content (AvgIpc) is 2.97. The second-order valence-corrected chi connectivity index (χ2v) is 7.88. The topological polar surface area (TPSA) is 102 Å². The quantitative estimate of drug-likeness (QED) is 0.478. The van der Waals surface area contributed by atoms with Crippen LogP contribution in [0.1, 0.15) is 36.2 Å². The van der Waals surface area contributed by atoms with Gasteiger partial charge in [-0.15, -0.1) is 0 Å². The van der Waals surface area contributed by atoms with E-state index in [0.717, 1.165) is 11.6 Å². The number of nitrogens with one attached hydrogen (secondary N) is 2. The predicted octanol–water partition coefficient (Wildman–Crippen LogP) is 3.24. The molecule has 9 heteroatoms. The average molecular weight is 447 g/mol. The Morgan fingerprint density at radius 1 is 1.19 bits per heavy atom. The molecule has 0 fully saturated rings. The van der Waals surface area contributed by atoms with Gasteiger partial charge in [0.05, 0.1) is 12.2 Å². The van der Waals surface area contributed by atoms with Crippen molar-refractivity contribution >= 4 is 35.6 Å². The molecule has 0 bridgehead atoms. The van der Waals surface area contributed by atoms with E-state index in [2.05, 4.69) is 15.7 Å². The van der Waals surface area contributed by atoms with E-state index in [9.17, 15) is 14.4 Å². The van der Waals surface area contributed by atoms with Gasteiger partial charge < -0.3 is 10.1 Å². The number of imide groups is 1. The highest BCUT2D eigenvalue weighted by Crippen LogP contribution is 2.22. The van der Waals surface area contributed by atoms with Crippen LogP contribution in [0.3, 0.4) is 0 Å². The number of carbonyl (C=O) groups excluding carboxylic acids is 3. The first kappa shape index (κ1) is 24.1. The smallest absolute Gasteiger partial charge is 0.331 e. The maximum atomic E-state index is 11.9. The number of rotatable bonds is 8. The number of benzene rings is 1. The van der Waals surface area contributed by atoms with Gasteiger partial charge in [0.15, 0.2) is 6.61 Å². The van der Waals surface area contributed by atoms with Crippen LogP contribution in [0, 0.1) is 19.8 Å². The molecule has 3 amide bonds. The van der Waals surface area contributed by atoms with E-state index in [1.807, 2.05) is 45.0 Å². The summed E-state index contributed by atoms with van der Waals surface area (Å²) in [6.07, 6.45) is 2.66. The largest absolute Gasteiger partial charge is 0.452 e. The number of aromatic nitrogens is 2. The first-order valence-electron chi connectivity index (χ1n) is 9.86. The van der Waals surface area contributed by atoms with E-state index >= 15 is 0 Å². The van der Waals surface area contributed by atoms with E-state index in [0.29, 0.717) is 29.5 Å². The van der Waals surface area contributed by atoms with E-state index < -0.39 is 24.5 Å². The van der Waals surface area contributed by atoms with Crippen molar-refractivity contribution in [3.05, 3.63) is 57.9 Å². The van der Waals surface area contributed by atoms with E-state index in [1.54, 1.807) is 11.6 Å². The molecule has 2 rings (SSSR count). The number of halogens is 1. The number of carbonyl (C=O) groups is 3. The second kappa shape index (κ2) is 11.3. The highest BCUT2D eigenvalue weighted by Gasteiger charge is 2.13. The summed E-state index contributed by atoms with van der Waals surface area (Å²) < 4.78 is 6.51. The Bertz CT molecular complexity index is 965. The molecule has 2 aromatic rings. The Morgan fingerprint density at radius 2 is 1.87 bits per heavy atom. The molecule has 0 spiro atoms. The molecule has 0 aliphatic carbocycles. The third-order valence-corrected chi connectivity index (χ3v) is 4.62. The molecule has 0 radical (unpaired) electrons. The van der Waals surface area contributed by atoms with Gasteiger partial charge in [-0.3, -0.25) is 10.1 Å². The number of hydrogen-bond donors (Lipinski definition) is 2. The Hall–Kier alpha value is -3.13. The van der Waals surface area contributed by atoms with Gasteiger partial charge in [0, 0.05) is 18.2 Å². The number of nitrogens with zero attached hydrogens (tertiary/aromatic N) is 2. The van der Waals surface area contributed by atoms with Crippen LogP contribution in [0.5, 0.6) is 0 Å². The van der Waals surface area contributed by atoms with Gasteiger partial charge >= 0.3 is 12.0 Å². The summed E-state index contributed by atoms with van der Waals surface area (Å²) in [5, 5.41) is 9.43. The van der Waals surface area contributed by atoms with Crippen LogP contribution in [0.15, 0.2) is 30.3 Å². The number of aryl methyl sites for hydroxylation is 2. The van der Waals surface area contributed by atoms with Gasteiger partial charge in [-0.25, -0.2) is 14.3 Å². The second-order valence-electron chi connectivity index (χ2n) is 7.53. The van der Waals surface area contributed by atoms with Crippen LogP contribution in [-0.4, -0.2) is 40.8 Å². The van der Waals surface area contributed by atoms with Crippen LogP contribution in [0.4, 0.5) is 4.79 Å². The lowest BCUT2D eigenvalue weighted by molar-refractivity contribution is -0.143. The molecule has 0 aliphatic rings. The van der Waals surface area contributed by atoms with Crippen molar-refractivity contribution in [1.82, 2.24) is 20.4 Å². The highest BCUT2D eigenvalue weighted by molar-refractivity contribution is 6.31. The third-order valence-electron chi connectivity index (χ3n) is 4.22. The summed E-state index contributed by atoms with van der Waals surface area (Å²) in [5.74, 6) is -1.21. The van der Waals surface area contributed by atoms with Crippen molar-refractivity contribution in [3.8, 4) is 0 Å². The monoisotopic (exact) mass is 446 g/mol. The molecule has 8 nitrogen and oxygen atoms in total. The van der Waals surface area contributed by atoms with Crippen molar-refractivity contribution in [2.24, 2.45) is 5.92 Å². The number of esters is 1. The summed E-state index contributed by atoms with van der Waals surface area (Å²) in [5.41, 5.74) is 3.45. The zero-order valence-electron chi connectivity index (χ0n) is 18.1. The highest BCUT2D eigenvalue weighted by atomic mass is 35.5. The molecule has 0 saturated carbocycles. The first-order chi connectivity index (χ1) is 14.7. The predicted molar refractivity (Wildman–Crippen MR) is 119 cm³/mol. The van der Waals surface area contributed by atoms with Gasteiger partial charge in [-0.1, -0.05) is 55.3 Å². The molecular formula is C22H27ClN4O4. The maximum Gasteiger partial charge on any atom is 0.331 e. The van der Waals surface area contributed by atoms with Gasteiger partial charge in [0.2, 0.25) is 0 Å². The third kappa shape index (κ3) is 7.90. The van der Waals surface area contributed by atoms with Gasteiger partial charge in [-0.2, -0.15) is 5.10 Å². The summed E-state index contributed by atoms with van der Waals surface area (Å²) in [6.45, 7) is 8.01. The summed E-state index contributed by atoms with van der Waals surface area (Å²) in [7, 11) is 0.